The predicted molar refractivity (Wildman–Crippen MR) is 62.1 cm³/mol. The van der Waals surface area contributed by atoms with E-state index in [-0.39, 0.29) is 0 Å². The van der Waals surface area contributed by atoms with Crippen LogP contribution in [0.4, 0.5) is 5.69 Å². The zero-order chi connectivity index (χ0) is 9.14. The van der Waals surface area contributed by atoms with Gasteiger partial charge in [0.1, 0.15) is 0 Å². The first-order chi connectivity index (χ1) is 5.59. The maximum absolute atomic E-state index is 5.86. The van der Waals surface area contributed by atoms with Gasteiger partial charge in [-0.2, -0.15) is 0 Å². The standard InChI is InChI=1S/C10H14IN/c1-7(2)5-8-3-4-9(11)6-10(8)12/h3-4,6-7H,5,12H2,1-2H3. The van der Waals surface area contributed by atoms with Crippen molar-refractivity contribution < 1.29 is 0 Å². The Morgan fingerprint density at radius 3 is 2.58 bits per heavy atom. The molecule has 0 aliphatic rings. The van der Waals surface area contributed by atoms with Gasteiger partial charge >= 0.3 is 0 Å². The van der Waals surface area contributed by atoms with Crippen molar-refractivity contribution in [2.45, 2.75) is 20.3 Å². The van der Waals surface area contributed by atoms with Gasteiger partial charge < -0.3 is 5.73 Å². The van der Waals surface area contributed by atoms with Crippen LogP contribution in [0.25, 0.3) is 0 Å². The number of halogens is 1. The first-order valence-corrected chi connectivity index (χ1v) is 5.21. The fourth-order valence-electron chi connectivity index (χ4n) is 1.19. The second-order valence-corrected chi connectivity index (χ2v) is 4.69. The Balaban J connectivity index is 2.86. The van der Waals surface area contributed by atoms with Crippen LogP contribution in [0.15, 0.2) is 18.2 Å². The molecule has 0 saturated heterocycles. The van der Waals surface area contributed by atoms with Crippen molar-refractivity contribution in [3.05, 3.63) is 27.3 Å². The summed E-state index contributed by atoms with van der Waals surface area (Å²) in [7, 11) is 0. The average molecular weight is 275 g/mol. The van der Waals surface area contributed by atoms with E-state index in [2.05, 4.69) is 48.6 Å². The van der Waals surface area contributed by atoms with Crippen molar-refractivity contribution in [3.8, 4) is 0 Å². The van der Waals surface area contributed by atoms with Crippen LogP contribution in [0.3, 0.4) is 0 Å². The fourth-order valence-corrected chi connectivity index (χ4v) is 1.71. The molecule has 1 nitrogen and oxygen atoms in total. The van der Waals surface area contributed by atoms with E-state index < -0.39 is 0 Å². The molecule has 0 fully saturated rings. The summed E-state index contributed by atoms with van der Waals surface area (Å²) in [5.74, 6) is 0.673. The van der Waals surface area contributed by atoms with Gasteiger partial charge in [0.2, 0.25) is 0 Å². The molecule has 0 amide bonds. The lowest BCUT2D eigenvalue weighted by atomic mass is 10.0. The van der Waals surface area contributed by atoms with Gasteiger partial charge in [0.05, 0.1) is 0 Å². The van der Waals surface area contributed by atoms with Gasteiger partial charge in [-0.05, 0) is 52.6 Å². The van der Waals surface area contributed by atoms with Crippen LogP contribution in [-0.4, -0.2) is 0 Å². The molecule has 0 aliphatic carbocycles. The second-order valence-electron chi connectivity index (χ2n) is 3.44. The minimum absolute atomic E-state index is 0.673. The maximum Gasteiger partial charge on any atom is 0.0357 e. The number of nitrogen functional groups attached to an aromatic ring is 1. The third-order valence-electron chi connectivity index (χ3n) is 1.74. The van der Waals surface area contributed by atoms with E-state index in [1.165, 1.54) is 9.13 Å². The van der Waals surface area contributed by atoms with Gasteiger partial charge in [-0.15, -0.1) is 0 Å². The lowest BCUT2D eigenvalue weighted by Crippen LogP contribution is -1.99. The number of hydrogen-bond acceptors (Lipinski definition) is 1. The second kappa shape index (κ2) is 4.12. The Hall–Kier alpha value is -0.250. The Labute approximate surface area is 87.5 Å². The maximum atomic E-state index is 5.86. The third kappa shape index (κ3) is 2.66. The SMILES string of the molecule is CC(C)Cc1ccc(I)cc1N. The Bertz CT molecular complexity index is 269. The van der Waals surface area contributed by atoms with Crippen LogP contribution in [0.2, 0.25) is 0 Å². The molecule has 12 heavy (non-hydrogen) atoms. The Kier molecular flexibility index (Phi) is 3.38. The number of rotatable bonds is 2. The summed E-state index contributed by atoms with van der Waals surface area (Å²) in [5.41, 5.74) is 8.06. The molecule has 1 aromatic carbocycles. The topological polar surface area (TPSA) is 26.0 Å². The molecule has 0 spiro atoms. The summed E-state index contributed by atoms with van der Waals surface area (Å²) >= 11 is 2.28. The summed E-state index contributed by atoms with van der Waals surface area (Å²) in [6.07, 6.45) is 1.07. The highest BCUT2D eigenvalue weighted by Gasteiger charge is 2.01. The smallest absolute Gasteiger partial charge is 0.0357 e. The highest BCUT2D eigenvalue weighted by atomic mass is 127. The first kappa shape index (κ1) is 9.84. The van der Waals surface area contributed by atoms with Gasteiger partial charge in [-0.1, -0.05) is 19.9 Å². The lowest BCUT2D eigenvalue weighted by molar-refractivity contribution is 0.648. The minimum Gasteiger partial charge on any atom is -0.398 e. The molecular formula is C10H14IN. The molecule has 0 atom stereocenters. The molecule has 1 aromatic rings. The average Bonchev–Trinajstić information content (AvgIpc) is 1.94. The molecular weight excluding hydrogens is 261 g/mol. The van der Waals surface area contributed by atoms with Crippen LogP contribution in [0.1, 0.15) is 19.4 Å². The Morgan fingerprint density at radius 1 is 1.42 bits per heavy atom. The van der Waals surface area contributed by atoms with Crippen LogP contribution in [0, 0.1) is 9.49 Å². The van der Waals surface area contributed by atoms with Crippen LogP contribution < -0.4 is 5.73 Å². The quantitative estimate of drug-likeness (QED) is 0.651. The largest absolute Gasteiger partial charge is 0.398 e. The van der Waals surface area contributed by atoms with Gasteiger partial charge in [0.25, 0.3) is 0 Å². The van der Waals surface area contributed by atoms with Crippen molar-refractivity contribution in [1.82, 2.24) is 0 Å². The van der Waals surface area contributed by atoms with E-state index in [9.17, 15) is 0 Å². The zero-order valence-corrected chi connectivity index (χ0v) is 9.63. The molecule has 0 saturated carbocycles. The minimum atomic E-state index is 0.673. The van der Waals surface area contributed by atoms with E-state index in [0.717, 1.165) is 12.1 Å². The van der Waals surface area contributed by atoms with Crippen molar-refractivity contribution in [3.63, 3.8) is 0 Å². The first-order valence-electron chi connectivity index (χ1n) is 4.13. The molecule has 2 N–H and O–H groups in total. The molecule has 66 valence electrons. The molecule has 0 aliphatic heterocycles. The predicted octanol–water partition coefficient (Wildman–Crippen LogP) is 3.07. The summed E-state index contributed by atoms with van der Waals surface area (Å²) in [6.45, 7) is 4.41. The van der Waals surface area contributed by atoms with Crippen LogP contribution >= 0.6 is 22.6 Å². The van der Waals surface area contributed by atoms with Gasteiger partial charge in [-0.25, -0.2) is 0 Å². The van der Waals surface area contributed by atoms with E-state index in [1.54, 1.807) is 0 Å². The lowest BCUT2D eigenvalue weighted by Gasteiger charge is -2.08. The van der Waals surface area contributed by atoms with Crippen molar-refractivity contribution in [2.75, 3.05) is 5.73 Å². The fraction of sp³-hybridized carbons (Fsp3) is 0.400. The van der Waals surface area contributed by atoms with E-state index in [1.807, 2.05) is 6.07 Å². The number of benzene rings is 1. The zero-order valence-electron chi connectivity index (χ0n) is 7.47. The van der Waals surface area contributed by atoms with Gasteiger partial charge in [-0.3, -0.25) is 0 Å². The van der Waals surface area contributed by atoms with E-state index in [4.69, 9.17) is 5.73 Å². The molecule has 0 bridgehead atoms. The normalized spacial score (nSPS) is 10.7. The molecule has 0 aromatic heterocycles. The van der Waals surface area contributed by atoms with Crippen LogP contribution in [-0.2, 0) is 6.42 Å². The summed E-state index contributed by atoms with van der Waals surface area (Å²) in [5, 5.41) is 0. The van der Waals surface area contributed by atoms with Crippen molar-refractivity contribution in [2.24, 2.45) is 5.92 Å². The summed E-state index contributed by atoms with van der Waals surface area (Å²) in [6, 6.07) is 6.25. The van der Waals surface area contributed by atoms with Gasteiger partial charge in [0, 0.05) is 9.26 Å². The summed E-state index contributed by atoms with van der Waals surface area (Å²) in [4.78, 5) is 0. The molecule has 2 heteroatoms. The number of nitrogens with two attached hydrogens (primary N) is 1. The van der Waals surface area contributed by atoms with Crippen molar-refractivity contribution in [1.29, 1.82) is 0 Å². The van der Waals surface area contributed by atoms with E-state index >= 15 is 0 Å². The molecule has 0 radical (unpaired) electrons. The Morgan fingerprint density at radius 2 is 2.08 bits per heavy atom. The third-order valence-corrected chi connectivity index (χ3v) is 2.41. The van der Waals surface area contributed by atoms with Gasteiger partial charge in [0.15, 0.2) is 0 Å². The highest BCUT2D eigenvalue weighted by molar-refractivity contribution is 14.1. The monoisotopic (exact) mass is 275 g/mol. The van der Waals surface area contributed by atoms with E-state index in [0.29, 0.717) is 5.92 Å². The van der Waals surface area contributed by atoms with Crippen molar-refractivity contribution >= 4 is 28.3 Å². The molecule has 1 rings (SSSR count). The summed E-state index contributed by atoms with van der Waals surface area (Å²) < 4.78 is 1.21. The van der Waals surface area contributed by atoms with Crippen LogP contribution in [0.5, 0.6) is 0 Å². The molecule has 0 unspecified atom stereocenters. The highest BCUT2D eigenvalue weighted by Crippen LogP contribution is 2.18. The molecule has 0 heterocycles. The number of hydrogen-bond donors (Lipinski definition) is 1. The number of anilines is 1.